The fraction of sp³-hybridized carbons (Fsp3) is 0.556. The van der Waals surface area contributed by atoms with Gasteiger partial charge in [-0.2, -0.15) is 0 Å². The lowest BCUT2D eigenvalue weighted by Crippen LogP contribution is -1.93. The molecule has 0 fully saturated rings. The molecule has 8 nitrogen and oxygen atoms in total. The summed E-state index contributed by atoms with van der Waals surface area (Å²) in [6.07, 6.45) is 2.00. The zero-order valence-corrected chi connectivity index (χ0v) is 9.92. The molecule has 0 saturated carbocycles. The van der Waals surface area contributed by atoms with E-state index in [0.29, 0.717) is 29.7 Å². The van der Waals surface area contributed by atoms with E-state index in [-0.39, 0.29) is 0 Å². The Morgan fingerprint density at radius 2 is 0.588 bits per heavy atom. The highest BCUT2D eigenvalue weighted by Gasteiger charge is 1.95. The quantitative estimate of drug-likeness (QED) is 0.465. The van der Waals surface area contributed by atoms with Gasteiger partial charge in [0.25, 0.3) is 0 Å². The van der Waals surface area contributed by atoms with Gasteiger partial charge in [-0.1, -0.05) is 27.7 Å². The number of hydrogen-bond donors (Lipinski definition) is 0. The van der Waals surface area contributed by atoms with E-state index in [2.05, 4.69) is 27.7 Å². The third-order valence-electron chi connectivity index (χ3n) is 0. The van der Waals surface area contributed by atoms with Crippen LogP contribution in [0, 0.1) is 5.41 Å². The molecule has 0 radical (unpaired) electrons. The largest absolute Gasteiger partial charge is 0.724 e. The smallest absolute Gasteiger partial charge is 0.0159 e. The van der Waals surface area contributed by atoms with Crippen LogP contribution in [-0.4, -0.2) is 24.3 Å². The van der Waals surface area contributed by atoms with Crippen molar-refractivity contribution >= 4 is 24.3 Å². The maximum absolute atomic E-state index is 8.24. The minimum atomic E-state index is 0.500. The monoisotopic (exact) mass is 240 g/mol. The van der Waals surface area contributed by atoms with Crippen LogP contribution < -0.4 is 0 Å². The summed E-state index contributed by atoms with van der Waals surface area (Å²) in [6.45, 7) is 8.75. The van der Waals surface area contributed by atoms with Crippen LogP contribution in [0.2, 0.25) is 0 Å². The first-order chi connectivity index (χ1) is 7.66. The number of hydrogen-bond acceptors (Lipinski definition) is 4. The maximum Gasteiger partial charge on any atom is -0.0159 e. The molecular weight excluding hydrogens is 228 g/mol. The molecule has 8 heteroatoms. The van der Waals surface area contributed by atoms with Crippen molar-refractivity contribution in [3.8, 4) is 0 Å². The molecule has 0 unspecified atom stereocenters. The number of rotatable bonds is 0. The Hall–Kier alpha value is -2.48. The number of isocyanates is 4. The SMILES string of the molecule is CC(C)(C)C.[N-]=C=O.[N-]=C=O.[N-]=C=O.[N-]=C=O. The van der Waals surface area contributed by atoms with Gasteiger partial charge >= 0.3 is 0 Å². The van der Waals surface area contributed by atoms with E-state index in [1.54, 1.807) is 0 Å². The molecule has 0 atom stereocenters. The molecule has 0 rings (SSSR count). The summed E-state index contributed by atoms with van der Waals surface area (Å²) in [6, 6.07) is 0. The fourth-order valence-electron chi connectivity index (χ4n) is 0. The summed E-state index contributed by atoms with van der Waals surface area (Å²) in [4.78, 5) is 32.9. The fourth-order valence-corrected chi connectivity index (χ4v) is 0. The van der Waals surface area contributed by atoms with E-state index in [1.165, 1.54) is 0 Å². The van der Waals surface area contributed by atoms with Crippen LogP contribution >= 0.6 is 0 Å². The van der Waals surface area contributed by atoms with Crippen molar-refractivity contribution in [2.24, 2.45) is 5.41 Å². The molecule has 0 spiro atoms. The van der Waals surface area contributed by atoms with E-state index < -0.39 is 0 Å². The average molecular weight is 240 g/mol. The highest BCUT2D eigenvalue weighted by atomic mass is 16.1. The van der Waals surface area contributed by atoms with Crippen molar-refractivity contribution in [1.29, 1.82) is 0 Å². The normalized spacial score (nSPS) is 5.41. The third kappa shape index (κ3) is 292. The van der Waals surface area contributed by atoms with Crippen LogP contribution in [0.15, 0.2) is 0 Å². The van der Waals surface area contributed by atoms with Crippen LogP contribution in [0.3, 0.4) is 0 Å². The molecular formula is C9H12N4O4-4. The summed E-state index contributed by atoms with van der Waals surface area (Å²) in [5.74, 6) is 0. The van der Waals surface area contributed by atoms with E-state index in [1.807, 2.05) is 0 Å². The van der Waals surface area contributed by atoms with Crippen molar-refractivity contribution in [2.75, 3.05) is 0 Å². The molecule has 0 heterocycles. The molecule has 0 bridgehead atoms. The molecule has 96 valence electrons. The highest BCUT2D eigenvalue weighted by molar-refractivity contribution is 5.37. The maximum atomic E-state index is 8.24. The molecule has 0 aliphatic carbocycles. The highest BCUT2D eigenvalue weighted by Crippen LogP contribution is 2.07. The van der Waals surface area contributed by atoms with Crippen LogP contribution in [0.1, 0.15) is 27.7 Å². The number of nitrogens with zero attached hydrogens (tertiary/aromatic N) is 4. The lowest BCUT2D eigenvalue weighted by atomic mass is 10.0. The Morgan fingerprint density at radius 1 is 0.588 bits per heavy atom. The second-order valence-corrected chi connectivity index (χ2v) is 3.37. The first-order valence-electron chi connectivity index (χ1n) is 3.71. The molecule has 0 aliphatic heterocycles. The van der Waals surface area contributed by atoms with Gasteiger partial charge in [-0.15, -0.1) is 0 Å². The van der Waals surface area contributed by atoms with E-state index >= 15 is 0 Å². The first kappa shape index (κ1) is 29.3. The summed E-state index contributed by atoms with van der Waals surface area (Å²) >= 11 is 0. The van der Waals surface area contributed by atoms with E-state index in [4.69, 9.17) is 40.8 Å². The molecule has 17 heavy (non-hydrogen) atoms. The molecule has 0 amide bonds. The standard InChI is InChI=1S/C5H12.4CNO/c1-5(2,3)4;4*2-1-3/h1-4H3;;;;/q;4*-1. The zero-order valence-electron chi connectivity index (χ0n) is 9.92. The van der Waals surface area contributed by atoms with Gasteiger partial charge in [0.05, 0.1) is 0 Å². The Kier molecular flexibility index (Phi) is 64.6. The first-order valence-corrected chi connectivity index (χ1v) is 3.71. The summed E-state index contributed by atoms with van der Waals surface area (Å²) in [5, 5.41) is 27.1. The van der Waals surface area contributed by atoms with Crippen LogP contribution in [0.5, 0.6) is 0 Å². The summed E-state index contributed by atoms with van der Waals surface area (Å²) in [7, 11) is 0. The minimum Gasteiger partial charge on any atom is -0.724 e. The van der Waals surface area contributed by atoms with Gasteiger partial charge in [0.2, 0.25) is 0 Å². The van der Waals surface area contributed by atoms with Gasteiger partial charge in [0, 0.05) is 0 Å². The topological polar surface area (TPSA) is 157 Å². The van der Waals surface area contributed by atoms with Gasteiger partial charge < -0.3 is 21.6 Å². The lowest BCUT2D eigenvalue weighted by Gasteiger charge is -2.05. The van der Waals surface area contributed by atoms with Gasteiger partial charge in [0.1, 0.15) is 0 Å². The average Bonchev–Trinajstić information content (AvgIpc) is 2.04. The van der Waals surface area contributed by atoms with Crippen molar-refractivity contribution in [2.45, 2.75) is 27.7 Å². The molecule has 0 aromatic carbocycles. The van der Waals surface area contributed by atoms with E-state index in [9.17, 15) is 0 Å². The molecule has 0 saturated heterocycles. The lowest BCUT2D eigenvalue weighted by molar-refractivity contribution is 0.469. The molecule has 0 aromatic rings. The Morgan fingerprint density at radius 3 is 0.588 bits per heavy atom. The molecule has 0 aliphatic rings. The van der Waals surface area contributed by atoms with Crippen LogP contribution in [0.4, 0.5) is 0 Å². The van der Waals surface area contributed by atoms with Gasteiger partial charge in [-0.3, -0.25) is 19.2 Å². The summed E-state index contributed by atoms with van der Waals surface area (Å²) < 4.78 is 0. The Balaban J connectivity index is -0.0000000362. The number of carbonyl (C=O) groups excluding carboxylic acids is 4. The van der Waals surface area contributed by atoms with Crippen LogP contribution in [0.25, 0.3) is 21.6 Å². The second kappa shape index (κ2) is 37.5. The van der Waals surface area contributed by atoms with Crippen LogP contribution in [-0.2, 0) is 19.2 Å². The Labute approximate surface area is 99.1 Å². The molecule has 0 aromatic heterocycles. The van der Waals surface area contributed by atoms with Gasteiger partial charge in [-0.05, 0) is 29.7 Å². The van der Waals surface area contributed by atoms with Crippen molar-refractivity contribution in [3.05, 3.63) is 21.6 Å². The van der Waals surface area contributed by atoms with Crippen molar-refractivity contribution < 1.29 is 19.2 Å². The third-order valence-corrected chi connectivity index (χ3v) is 0. The van der Waals surface area contributed by atoms with Gasteiger partial charge in [0.15, 0.2) is 0 Å². The van der Waals surface area contributed by atoms with E-state index in [0.717, 1.165) is 0 Å². The zero-order chi connectivity index (χ0) is 15.3. The summed E-state index contributed by atoms with van der Waals surface area (Å²) in [5.41, 5.74) is 0.500. The second-order valence-electron chi connectivity index (χ2n) is 3.37. The Bertz CT molecular complexity index is 216. The predicted molar refractivity (Wildman–Crippen MR) is 61.3 cm³/mol. The minimum absolute atomic E-state index is 0.500. The van der Waals surface area contributed by atoms with Crippen molar-refractivity contribution in [1.82, 2.24) is 0 Å². The predicted octanol–water partition coefficient (Wildman–Crippen LogP) is 1.62. The van der Waals surface area contributed by atoms with Gasteiger partial charge in [-0.25, -0.2) is 0 Å². The van der Waals surface area contributed by atoms with Crippen molar-refractivity contribution in [3.63, 3.8) is 0 Å². The molecule has 0 N–H and O–H groups in total.